The van der Waals surface area contributed by atoms with Crippen LogP contribution in [0.5, 0.6) is 11.5 Å². The predicted molar refractivity (Wildman–Crippen MR) is 63.9 cm³/mol. The maximum absolute atomic E-state index is 11.8. The maximum Gasteiger partial charge on any atom is 0.304 e. The number of carbonyl (C=O) groups is 1. The molecular weight excluding hydrogens is 260 g/mol. The standard InChI is InChI=1S/C11H14O6S/c1-16-9-4-3-8(7-10(9)17-2)18(14,15)6-5-11(12)13/h3-4,7H,5-6H2,1-2H3,(H,12,13). The van der Waals surface area contributed by atoms with E-state index in [0.29, 0.717) is 5.75 Å². The molecule has 0 saturated heterocycles. The van der Waals surface area contributed by atoms with Crippen molar-refractivity contribution in [3.8, 4) is 11.5 Å². The third kappa shape index (κ3) is 3.36. The summed E-state index contributed by atoms with van der Waals surface area (Å²) in [5.41, 5.74) is 0. The Labute approximate surface area is 105 Å². The van der Waals surface area contributed by atoms with Crippen molar-refractivity contribution in [1.29, 1.82) is 0 Å². The molecule has 0 aliphatic heterocycles. The highest BCUT2D eigenvalue weighted by atomic mass is 32.2. The van der Waals surface area contributed by atoms with Gasteiger partial charge in [-0.1, -0.05) is 0 Å². The first-order valence-corrected chi connectivity index (χ1v) is 6.72. The van der Waals surface area contributed by atoms with Gasteiger partial charge in [0.2, 0.25) is 0 Å². The molecule has 0 spiro atoms. The van der Waals surface area contributed by atoms with Gasteiger partial charge in [0, 0.05) is 6.07 Å². The fraction of sp³-hybridized carbons (Fsp3) is 0.364. The molecule has 0 amide bonds. The monoisotopic (exact) mass is 274 g/mol. The van der Waals surface area contributed by atoms with E-state index >= 15 is 0 Å². The lowest BCUT2D eigenvalue weighted by atomic mass is 10.3. The molecule has 100 valence electrons. The van der Waals surface area contributed by atoms with Crippen molar-refractivity contribution in [2.45, 2.75) is 11.3 Å². The Morgan fingerprint density at radius 1 is 1.22 bits per heavy atom. The Kier molecular flexibility index (Phi) is 4.55. The average Bonchev–Trinajstić information content (AvgIpc) is 2.35. The summed E-state index contributed by atoms with van der Waals surface area (Å²) < 4.78 is 33.7. The second kappa shape index (κ2) is 5.72. The van der Waals surface area contributed by atoms with Gasteiger partial charge >= 0.3 is 5.97 Å². The summed E-state index contributed by atoms with van der Waals surface area (Å²) >= 11 is 0. The lowest BCUT2D eigenvalue weighted by Crippen LogP contribution is -2.11. The molecule has 1 rings (SSSR count). The Morgan fingerprint density at radius 2 is 1.83 bits per heavy atom. The molecule has 7 heteroatoms. The summed E-state index contributed by atoms with van der Waals surface area (Å²) in [6.07, 6.45) is -0.434. The summed E-state index contributed by atoms with van der Waals surface area (Å²) in [6.45, 7) is 0. The second-order valence-corrected chi connectivity index (χ2v) is 5.59. The molecule has 0 atom stereocenters. The first-order chi connectivity index (χ1) is 8.40. The number of carboxylic acid groups (broad SMARTS) is 1. The molecular formula is C11H14O6S. The first kappa shape index (κ1) is 14.3. The van der Waals surface area contributed by atoms with Crippen LogP contribution in [0.3, 0.4) is 0 Å². The van der Waals surface area contributed by atoms with E-state index in [1.54, 1.807) is 0 Å². The van der Waals surface area contributed by atoms with Gasteiger partial charge < -0.3 is 14.6 Å². The van der Waals surface area contributed by atoms with Crippen LogP contribution in [0.25, 0.3) is 0 Å². The van der Waals surface area contributed by atoms with E-state index in [1.807, 2.05) is 0 Å². The third-order valence-electron chi connectivity index (χ3n) is 2.30. The molecule has 0 unspecified atom stereocenters. The van der Waals surface area contributed by atoms with Crippen molar-refractivity contribution in [3.05, 3.63) is 18.2 Å². The van der Waals surface area contributed by atoms with Crippen LogP contribution in [0.15, 0.2) is 23.1 Å². The highest BCUT2D eigenvalue weighted by Crippen LogP contribution is 2.29. The van der Waals surface area contributed by atoms with Crippen molar-refractivity contribution >= 4 is 15.8 Å². The Morgan fingerprint density at radius 3 is 2.33 bits per heavy atom. The summed E-state index contributed by atoms with van der Waals surface area (Å²) in [4.78, 5) is 10.4. The fourth-order valence-corrected chi connectivity index (χ4v) is 2.59. The van der Waals surface area contributed by atoms with E-state index in [4.69, 9.17) is 14.6 Å². The van der Waals surface area contributed by atoms with Gasteiger partial charge in [0.25, 0.3) is 0 Å². The Hall–Kier alpha value is -1.76. The van der Waals surface area contributed by atoms with Gasteiger partial charge in [-0.2, -0.15) is 0 Å². The van der Waals surface area contributed by atoms with Crippen molar-refractivity contribution in [1.82, 2.24) is 0 Å². The molecule has 1 aromatic rings. The summed E-state index contributed by atoms with van der Waals surface area (Å²) in [5.74, 6) is -0.903. The highest BCUT2D eigenvalue weighted by Gasteiger charge is 2.18. The molecule has 18 heavy (non-hydrogen) atoms. The smallest absolute Gasteiger partial charge is 0.304 e. The largest absolute Gasteiger partial charge is 0.493 e. The van der Waals surface area contributed by atoms with Crippen LogP contribution >= 0.6 is 0 Å². The van der Waals surface area contributed by atoms with Gasteiger partial charge in [-0.15, -0.1) is 0 Å². The maximum atomic E-state index is 11.8. The van der Waals surface area contributed by atoms with Gasteiger partial charge in [-0.25, -0.2) is 8.42 Å². The number of hydrogen-bond acceptors (Lipinski definition) is 5. The van der Waals surface area contributed by atoms with E-state index in [-0.39, 0.29) is 10.6 Å². The van der Waals surface area contributed by atoms with Crippen molar-refractivity contribution < 1.29 is 27.8 Å². The van der Waals surface area contributed by atoms with Crippen LogP contribution in [0.4, 0.5) is 0 Å². The third-order valence-corrected chi connectivity index (χ3v) is 4.01. The Bertz CT molecular complexity index is 534. The number of ether oxygens (including phenoxy) is 2. The van der Waals surface area contributed by atoms with Crippen LogP contribution in [-0.2, 0) is 14.6 Å². The van der Waals surface area contributed by atoms with Gasteiger partial charge in [-0.3, -0.25) is 4.79 Å². The molecule has 0 radical (unpaired) electrons. The molecule has 1 N–H and O–H groups in total. The van der Waals surface area contributed by atoms with Gasteiger partial charge in [0.1, 0.15) is 0 Å². The van der Waals surface area contributed by atoms with E-state index in [2.05, 4.69) is 0 Å². The first-order valence-electron chi connectivity index (χ1n) is 5.07. The zero-order valence-corrected chi connectivity index (χ0v) is 10.9. The normalized spacial score (nSPS) is 11.0. The molecule has 6 nitrogen and oxygen atoms in total. The quantitative estimate of drug-likeness (QED) is 0.830. The van der Waals surface area contributed by atoms with Crippen molar-refractivity contribution in [2.75, 3.05) is 20.0 Å². The minimum absolute atomic E-state index is 0.0152. The summed E-state index contributed by atoms with van der Waals surface area (Å²) in [5, 5.41) is 8.50. The number of benzene rings is 1. The van der Waals surface area contributed by atoms with Gasteiger partial charge in [0.05, 0.1) is 31.3 Å². The van der Waals surface area contributed by atoms with Crippen LogP contribution in [0.1, 0.15) is 6.42 Å². The average molecular weight is 274 g/mol. The topological polar surface area (TPSA) is 89.9 Å². The number of sulfone groups is 1. The van der Waals surface area contributed by atoms with Gasteiger partial charge in [0.15, 0.2) is 21.3 Å². The number of aliphatic carboxylic acids is 1. The molecule has 0 heterocycles. The molecule has 0 fully saturated rings. The molecule has 0 bridgehead atoms. The molecule has 1 aromatic carbocycles. The zero-order chi connectivity index (χ0) is 13.8. The number of carboxylic acids is 1. The molecule has 0 aromatic heterocycles. The van der Waals surface area contributed by atoms with Crippen LogP contribution in [0, 0.1) is 0 Å². The fourth-order valence-electron chi connectivity index (χ4n) is 1.35. The minimum Gasteiger partial charge on any atom is -0.493 e. The summed E-state index contributed by atoms with van der Waals surface area (Å²) in [6, 6.07) is 4.14. The second-order valence-electron chi connectivity index (χ2n) is 3.48. The van der Waals surface area contributed by atoms with E-state index < -0.39 is 28.0 Å². The lowest BCUT2D eigenvalue weighted by Gasteiger charge is -2.09. The highest BCUT2D eigenvalue weighted by molar-refractivity contribution is 7.91. The van der Waals surface area contributed by atoms with Crippen LogP contribution in [-0.4, -0.2) is 39.5 Å². The van der Waals surface area contributed by atoms with Crippen molar-refractivity contribution in [3.63, 3.8) is 0 Å². The Balaban J connectivity index is 3.06. The van der Waals surface area contributed by atoms with Crippen molar-refractivity contribution in [2.24, 2.45) is 0 Å². The SMILES string of the molecule is COc1ccc(S(=O)(=O)CCC(=O)O)cc1OC. The molecule has 0 aliphatic carbocycles. The number of hydrogen-bond donors (Lipinski definition) is 1. The van der Waals surface area contributed by atoms with Crippen LogP contribution in [0.2, 0.25) is 0 Å². The van der Waals surface area contributed by atoms with Crippen LogP contribution < -0.4 is 9.47 Å². The molecule has 0 aliphatic rings. The summed E-state index contributed by atoms with van der Waals surface area (Å²) in [7, 11) is -0.794. The number of rotatable bonds is 6. The van der Waals surface area contributed by atoms with E-state index in [0.717, 1.165) is 0 Å². The van der Waals surface area contributed by atoms with E-state index in [9.17, 15) is 13.2 Å². The zero-order valence-electron chi connectivity index (χ0n) is 10.0. The van der Waals surface area contributed by atoms with E-state index in [1.165, 1.54) is 32.4 Å². The lowest BCUT2D eigenvalue weighted by molar-refractivity contribution is -0.136. The van der Waals surface area contributed by atoms with Gasteiger partial charge in [-0.05, 0) is 12.1 Å². The number of methoxy groups -OCH3 is 2. The predicted octanol–water partition coefficient (Wildman–Crippen LogP) is 0.952. The minimum atomic E-state index is -3.63. The molecule has 0 saturated carbocycles.